The summed E-state index contributed by atoms with van der Waals surface area (Å²) < 4.78 is 20.1. The van der Waals surface area contributed by atoms with Gasteiger partial charge < -0.3 is 4.74 Å². The van der Waals surface area contributed by atoms with Gasteiger partial charge in [-0.1, -0.05) is 29.3 Å². The van der Waals surface area contributed by atoms with Crippen LogP contribution in [0.3, 0.4) is 0 Å². The number of Topliss-reactive ketones (excluding diaryl/α,β-unsaturated/α-hetero) is 1. The van der Waals surface area contributed by atoms with Crippen LogP contribution in [-0.2, 0) is 9.53 Å². The van der Waals surface area contributed by atoms with Crippen molar-refractivity contribution in [2.24, 2.45) is 0 Å². The Kier molecular flexibility index (Phi) is 4.89. The molecule has 25 heavy (non-hydrogen) atoms. The Balaban J connectivity index is 2.21. The number of thioether (sulfide) groups is 1. The first-order valence-corrected chi connectivity index (χ1v) is 9.50. The maximum Gasteiger partial charge on any atom is 0.210 e. The highest BCUT2D eigenvalue weighted by Gasteiger charge is 2.43. The highest BCUT2D eigenvalue weighted by molar-refractivity contribution is 7.98. The van der Waals surface area contributed by atoms with Gasteiger partial charge in [0.2, 0.25) is 5.78 Å². The van der Waals surface area contributed by atoms with Gasteiger partial charge in [0.05, 0.1) is 15.6 Å². The van der Waals surface area contributed by atoms with Gasteiger partial charge in [-0.15, -0.1) is 11.8 Å². The third kappa shape index (κ3) is 3.31. The van der Waals surface area contributed by atoms with E-state index in [1.807, 2.05) is 0 Å². The number of hydrogen-bond acceptors (Lipinski definition) is 3. The molecule has 0 fully saturated rings. The second-order valence-electron chi connectivity index (χ2n) is 6.12. The monoisotopic (exact) mass is 396 g/mol. The summed E-state index contributed by atoms with van der Waals surface area (Å²) in [4.78, 5) is 13.4. The molecule has 2 nitrogen and oxygen atoms in total. The van der Waals surface area contributed by atoms with E-state index in [4.69, 9.17) is 27.9 Å². The fraction of sp³-hybridized carbons (Fsp3) is 0.211. The third-order valence-electron chi connectivity index (χ3n) is 3.98. The van der Waals surface area contributed by atoms with Crippen LogP contribution < -0.4 is 0 Å². The Labute approximate surface area is 160 Å². The van der Waals surface area contributed by atoms with E-state index < -0.39 is 5.60 Å². The van der Waals surface area contributed by atoms with Gasteiger partial charge in [0.15, 0.2) is 5.60 Å². The van der Waals surface area contributed by atoms with Gasteiger partial charge in [-0.3, -0.25) is 4.79 Å². The van der Waals surface area contributed by atoms with Crippen molar-refractivity contribution < 1.29 is 13.9 Å². The molecule has 0 amide bonds. The lowest BCUT2D eigenvalue weighted by Crippen LogP contribution is -2.29. The molecule has 0 saturated carbocycles. The fourth-order valence-electron chi connectivity index (χ4n) is 2.68. The van der Waals surface area contributed by atoms with Crippen LogP contribution in [0.2, 0.25) is 10.0 Å². The van der Waals surface area contributed by atoms with E-state index in [1.54, 1.807) is 50.4 Å². The Hall–Kier alpha value is -1.49. The summed E-state index contributed by atoms with van der Waals surface area (Å²) in [7, 11) is 0. The van der Waals surface area contributed by atoms with Crippen molar-refractivity contribution >= 4 is 52.1 Å². The number of carbonyl (C=O) groups excluding carboxylic acids is 1. The average molecular weight is 397 g/mol. The summed E-state index contributed by atoms with van der Waals surface area (Å²) in [6.45, 7) is 3.37. The molecule has 0 atom stereocenters. The predicted octanol–water partition coefficient (Wildman–Crippen LogP) is 6.10. The number of hydrogen-bond donors (Lipinski definition) is 0. The Morgan fingerprint density at radius 1 is 1.04 bits per heavy atom. The van der Waals surface area contributed by atoms with Gasteiger partial charge in [0.25, 0.3) is 0 Å². The Morgan fingerprint density at radius 2 is 1.72 bits per heavy atom. The van der Waals surface area contributed by atoms with E-state index >= 15 is 0 Å². The maximum atomic E-state index is 14.2. The molecular weight excluding hydrogens is 382 g/mol. The molecule has 0 N–H and O–H groups in total. The second-order valence-corrected chi connectivity index (χ2v) is 7.79. The van der Waals surface area contributed by atoms with E-state index in [0.29, 0.717) is 37.4 Å². The summed E-state index contributed by atoms with van der Waals surface area (Å²) in [6, 6.07) is 9.75. The van der Waals surface area contributed by atoms with E-state index in [-0.39, 0.29) is 11.6 Å². The van der Waals surface area contributed by atoms with Gasteiger partial charge in [-0.2, -0.15) is 0 Å². The molecule has 0 aromatic heterocycles. The van der Waals surface area contributed by atoms with Gasteiger partial charge in [-0.25, -0.2) is 4.39 Å². The van der Waals surface area contributed by atoms with Crippen molar-refractivity contribution in [2.45, 2.75) is 24.3 Å². The normalized spacial score (nSPS) is 16.3. The van der Waals surface area contributed by atoms with E-state index in [2.05, 4.69) is 0 Å². The molecule has 0 spiro atoms. The molecular formula is C19H15Cl2FO2S. The number of halogens is 3. The lowest BCUT2D eigenvalue weighted by atomic mass is 9.92. The number of carbonyl (C=O) groups is 1. The molecule has 0 unspecified atom stereocenters. The van der Waals surface area contributed by atoms with Crippen LogP contribution in [0.5, 0.6) is 0 Å². The van der Waals surface area contributed by atoms with Crippen molar-refractivity contribution in [1.29, 1.82) is 0 Å². The van der Waals surface area contributed by atoms with Crippen LogP contribution in [0.1, 0.15) is 25.0 Å². The van der Waals surface area contributed by atoms with Gasteiger partial charge in [-0.05, 0) is 56.0 Å². The van der Waals surface area contributed by atoms with Crippen molar-refractivity contribution in [2.75, 3.05) is 6.26 Å². The molecule has 1 aliphatic rings. The van der Waals surface area contributed by atoms with E-state index in [9.17, 15) is 9.18 Å². The Morgan fingerprint density at radius 3 is 2.32 bits per heavy atom. The molecule has 1 aliphatic heterocycles. The van der Waals surface area contributed by atoms with Crippen LogP contribution in [0.25, 0.3) is 11.3 Å². The second kappa shape index (κ2) is 6.67. The number of ketones is 1. The molecule has 1 heterocycles. The van der Waals surface area contributed by atoms with Gasteiger partial charge in [0.1, 0.15) is 11.6 Å². The first kappa shape index (κ1) is 18.3. The minimum atomic E-state index is -1.04. The smallest absolute Gasteiger partial charge is 0.210 e. The van der Waals surface area contributed by atoms with Crippen LogP contribution >= 0.6 is 35.0 Å². The summed E-state index contributed by atoms with van der Waals surface area (Å²) >= 11 is 13.4. The number of ether oxygens (including phenoxy) is 1. The molecule has 3 rings (SSSR count). The molecule has 0 saturated heterocycles. The van der Waals surface area contributed by atoms with Crippen LogP contribution in [0.15, 0.2) is 41.3 Å². The minimum Gasteiger partial charge on any atom is -0.478 e. The molecule has 2 aromatic carbocycles. The highest BCUT2D eigenvalue weighted by Crippen LogP contribution is 2.42. The first-order chi connectivity index (χ1) is 11.7. The molecule has 0 radical (unpaired) electrons. The zero-order chi connectivity index (χ0) is 18.4. The maximum absolute atomic E-state index is 14.2. The molecule has 130 valence electrons. The van der Waals surface area contributed by atoms with Crippen LogP contribution in [-0.4, -0.2) is 17.6 Å². The number of benzene rings is 2. The van der Waals surface area contributed by atoms with Crippen LogP contribution in [0.4, 0.5) is 4.39 Å². The quantitative estimate of drug-likeness (QED) is 0.586. The zero-order valence-electron chi connectivity index (χ0n) is 13.8. The molecule has 0 aliphatic carbocycles. The molecule has 0 bridgehead atoms. The van der Waals surface area contributed by atoms with Gasteiger partial charge >= 0.3 is 0 Å². The average Bonchev–Trinajstić information content (AvgIpc) is 2.80. The molecule has 6 heteroatoms. The lowest BCUT2D eigenvalue weighted by molar-refractivity contribution is -0.125. The van der Waals surface area contributed by atoms with E-state index in [1.165, 1.54) is 17.8 Å². The van der Waals surface area contributed by atoms with E-state index in [0.717, 1.165) is 0 Å². The predicted molar refractivity (Wildman–Crippen MR) is 102 cm³/mol. The van der Waals surface area contributed by atoms with Crippen molar-refractivity contribution in [1.82, 2.24) is 0 Å². The minimum absolute atomic E-state index is 0.185. The molecule has 2 aromatic rings. The van der Waals surface area contributed by atoms with Crippen LogP contribution in [0, 0.1) is 5.82 Å². The summed E-state index contributed by atoms with van der Waals surface area (Å²) in [5, 5.41) is 0.737. The zero-order valence-corrected chi connectivity index (χ0v) is 16.2. The largest absolute Gasteiger partial charge is 0.478 e. The standard InChI is InChI=1S/C19H15Cl2FO2S/c1-19(2)18(23)16(10-4-6-12(20)13(21)8-10)17(24-19)11-5-7-15(25-3)14(22)9-11/h4-9H,1-3H3. The topological polar surface area (TPSA) is 26.3 Å². The fourth-order valence-corrected chi connectivity index (χ4v) is 3.44. The summed E-state index contributed by atoms with van der Waals surface area (Å²) in [6.07, 6.45) is 1.80. The van der Waals surface area contributed by atoms with Crippen molar-refractivity contribution in [3.8, 4) is 0 Å². The Bertz CT molecular complexity index is 906. The van der Waals surface area contributed by atoms with Gasteiger partial charge in [0, 0.05) is 10.5 Å². The van der Waals surface area contributed by atoms with Crippen molar-refractivity contribution in [3.63, 3.8) is 0 Å². The summed E-state index contributed by atoms with van der Waals surface area (Å²) in [5.41, 5.74) is 0.440. The third-order valence-corrected chi connectivity index (χ3v) is 5.49. The SMILES string of the molecule is CSc1ccc(C2=C(c3ccc(Cl)c(Cl)c3)C(=O)C(C)(C)O2)cc1F. The highest BCUT2D eigenvalue weighted by atomic mass is 35.5. The number of rotatable bonds is 3. The van der Waals surface area contributed by atoms with Crippen molar-refractivity contribution in [3.05, 3.63) is 63.4 Å². The lowest BCUT2D eigenvalue weighted by Gasteiger charge is -2.18. The first-order valence-electron chi connectivity index (χ1n) is 7.52. The summed E-state index contributed by atoms with van der Waals surface area (Å²) in [5.74, 6) is -0.193.